The second-order valence-electron chi connectivity index (χ2n) is 5.82. The molecule has 0 radical (unpaired) electrons. The van der Waals surface area contributed by atoms with E-state index in [1.807, 2.05) is 18.9 Å². The van der Waals surface area contributed by atoms with Gasteiger partial charge in [0.1, 0.15) is 5.69 Å². The lowest BCUT2D eigenvalue weighted by atomic mass is 9.98. The molecule has 0 unspecified atom stereocenters. The van der Waals surface area contributed by atoms with E-state index in [-0.39, 0.29) is 10.6 Å². The Hall–Kier alpha value is -1.63. The molecule has 1 aromatic rings. The van der Waals surface area contributed by atoms with Crippen LogP contribution in [-0.2, 0) is 13.5 Å². The van der Waals surface area contributed by atoms with E-state index in [2.05, 4.69) is 10.4 Å². The summed E-state index contributed by atoms with van der Waals surface area (Å²) in [6, 6.07) is 0. The molecule has 7 heteroatoms. The number of anilines is 1. The van der Waals surface area contributed by atoms with Crippen molar-refractivity contribution in [2.45, 2.75) is 32.6 Å². The summed E-state index contributed by atoms with van der Waals surface area (Å²) < 4.78 is 1.66. The molecule has 1 aromatic heterocycles. The van der Waals surface area contributed by atoms with Crippen LogP contribution in [0.2, 0.25) is 0 Å². The number of aromatic nitrogens is 2. The zero-order chi connectivity index (χ0) is 15.4. The molecular formula is C14H25N5O2. The van der Waals surface area contributed by atoms with Gasteiger partial charge in [-0.2, -0.15) is 5.10 Å². The molecule has 1 aliphatic heterocycles. The summed E-state index contributed by atoms with van der Waals surface area (Å²) in [6.07, 6.45) is 3.75. The molecule has 0 amide bonds. The Kier molecular flexibility index (Phi) is 5.17. The van der Waals surface area contributed by atoms with Crippen LogP contribution in [0.3, 0.4) is 0 Å². The average Bonchev–Trinajstić information content (AvgIpc) is 2.77. The van der Waals surface area contributed by atoms with Gasteiger partial charge in [-0.05, 0) is 38.3 Å². The van der Waals surface area contributed by atoms with Gasteiger partial charge in [-0.15, -0.1) is 0 Å². The number of nitrogens with one attached hydrogen (secondary N) is 1. The standard InChI is InChI=1S/C14H25N5O2/c1-4-5-12-13(19(20)21)14(18(3)16-12)17(2)10-11-6-8-15-9-7-11/h11,15H,4-10H2,1-3H3. The van der Waals surface area contributed by atoms with E-state index in [4.69, 9.17) is 0 Å². The molecule has 0 saturated carbocycles. The molecule has 21 heavy (non-hydrogen) atoms. The van der Waals surface area contributed by atoms with E-state index in [0.29, 0.717) is 23.9 Å². The first-order chi connectivity index (χ1) is 10.0. The van der Waals surface area contributed by atoms with Crippen molar-refractivity contribution in [2.75, 3.05) is 31.6 Å². The molecule has 1 N–H and O–H groups in total. The van der Waals surface area contributed by atoms with Crippen LogP contribution >= 0.6 is 0 Å². The van der Waals surface area contributed by atoms with Crippen molar-refractivity contribution in [3.8, 4) is 0 Å². The summed E-state index contributed by atoms with van der Waals surface area (Å²) >= 11 is 0. The van der Waals surface area contributed by atoms with Crippen LogP contribution in [0, 0.1) is 16.0 Å². The predicted molar refractivity (Wildman–Crippen MR) is 82.7 cm³/mol. The Bertz CT molecular complexity index is 494. The van der Waals surface area contributed by atoms with Crippen molar-refractivity contribution < 1.29 is 4.92 Å². The summed E-state index contributed by atoms with van der Waals surface area (Å²) in [4.78, 5) is 13.2. The number of hydrogen-bond acceptors (Lipinski definition) is 5. The minimum absolute atomic E-state index is 0.177. The van der Waals surface area contributed by atoms with Gasteiger partial charge < -0.3 is 10.2 Å². The summed E-state index contributed by atoms with van der Waals surface area (Å²) in [6.45, 7) is 4.92. The highest BCUT2D eigenvalue weighted by Gasteiger charge is 2.29. The maximum Gasteiger partial charge on any atom is 0.334 e. The van der Waals surface area contributed by atoms with Crippen LogP contribution in [0.5, 0.6) is 0 Å². The van der Waals surface area contributed by atoms with Crippen LogP contribution in [0.15, 0.2) is 0 Å². The van der Waals surface area contributed by atoms with Crippen molar-refractivity contribution in [1.82, 2.24) is 15.1 Å². The molecule has 0 aliphatic carbocycles. The van der Waals surface area contributed by atoms with Gasteiger partial charge in [0.2, 0.25) is 5.82 Å². The van der Waals surface area contributed by atoms with Gasteiger partial charge in [-0.3, -0.25) is 10.1 Å². The van der Waals surface area contributed by atoms with E-state index in [1.54, 1.807) is 11.7 Å². The zero-order valence-electron chi connectivity index (χ0n) is 13.1. The molecule has 1 fully saturated rings. The highest BCUT2D eigenvalue weighted by molar-refractivity contribution is 5.61. The van der Waals surface area contributed by atoms with Crippen LogP contribution in [-0.4, -0.2) is 41.4 Å². The predicted octanol–water partition coefficient (Wildman–Crippen LogP) is 1.72. The first-order valence-electron chi connectivity index (χ1n) is 7.66. The normalized spacial score (nSPS) is 16.1. The first-order valence-corrected chi connectivity index (χ1v) is 7.66. The van der Waals surface area contributed by atoms with Gasteiger partial charge in [0.05, 0.1) is 4.92 Å². The molecule has 1 saturated heterocycles. The van der Waals surface area contributed by atoms with Crippen LogP contribution in [0.4, 0.5) is 11.5 Å². The van der Waals surface area contributed by atoms with E-state index in [0.717, 1.165) is 38.9 Å². The summed E-state index contributed by atoms with van der Waals surface area (Å²) in [5.74, 6) is 1.21. The third-order valence-electron chi connectivity index (χ3n) is 4.08. The lowest BCUT2D eigenvalue weighted by Gasteiger charge is -2.28. The summed E-state index contributed by atoms with van der Waals surface area (Å²) in [5.41, 5.74) is 0.771. The summed E-state index contributed by atoms with van der Waals surface area (Å²) in [5, 5.41) is 19.1. The number of piperidine rings is 1. The number of nitro groups is 1. The quantitative estimate of drug-likeness (QED) is 0.639. The van der Waals surface area contributed by atoms with Gasteiger partial charge in [-0.25, -0.2) is 4.68 Å². The monoisotopic (exact) mass is 295 g/mol. The van der Waals surface area contributed by atoms with Crippen molar-refractivity contribution in [1.29, 1.82) is 0 Å². The molecule has 1 aliphatic rings. The van der Waals surface area contributed by atoms with Crippen LogP contribution < -0.4 is 10.2 Å². The van der Waals surface area contributed by atoms with Gasteiger partial charge in [0, 0.05) is 20.6 Å². The molecule has 2 heterocycles. The third-order valence-corrected chi connectivity index (χ3v) is 4.08. The molecule has 0 bridgehead atoms. The van der Waals surface area contributed by atoms with Crippen molar-refractivity contribution in [3.63, 3.8) is 0 Å². The minimum atomic E-state index is -0.285. The van der Waals surface area contributed by atoms with E-state index in [1.165, 1.54) is 0 Å². The lowest BCUT2D eigenvalue weighted by Crippen LogP contribution is -2.35. The fourth-order valence-electron chi connectivity index (χ4n) is 3.12. The van der Waals surface area contributed by atoms with E-state index >= 15 is 0 Å². The Balaban J connectivity index is 2.22. The fourth-order valence-corrected chi connectivity index (χ4v) is 3.12. The fraction of sp³-hybridized carbons (Fsp3) is 0.786. The third kappa shape index (κ3) is 3.53. The Morgan fingerprint density at radius 1 is 1.48 bits per heavy atom. The second-order valence-corrected chi connectivity index (χ2v) is 5.82. The zero-order valence-corrected chi connectivity index (χ0v) is 13.1. The Morgan fingerprint density at radius 2 is 2.14 bits per heavy atom. The molecule has 2 rings (SSSR count). The van der Waals surface area contributed by atoms with Gasteiger partial charge in [0.25, 0.3) is 0 Å². The van der Waals surface area contributed by atoms with Crippen LogP contribution in [0.25, 0.3) is 0 Å². The SMILES string of the molecule is CCCc1nn(C)c(N(C)CC2CCNCC2)c1[N+](=O)[O-]. The average molecular weight is 295 g/mol. The highest BCUT2D eigenvalue weighted by atomic mass is 16.6. The molecule has 0 aromatic carbocycles. The van der Waals surface area contributed by atoms with Gasteiger partial charge in [0.15, 0.2) is 0 Å². The first kappa shape index (κ1) is 15.8. The molecular weight excluding hydrogens is 270 g/mol. The van der Waals surface area contributed by atoms with Gasteiger partial charge >= 0.3 is 5.69 Å². The molecule has 0 atom stereocenters. The number of hydrogen-bond donors (Lipinski definition) is 1. The van der Waals surface area contributed by atoms with Crippen molar-refractivity contribution in [3.05, 3.63) is 15.8 Å². The maximum absolute atomic E-state index is 11.4. The number of aryl methyl sites for hydroxylation is 2. The van der Waals surface area contributed by atoms with E-state index < -0.39 is 0 Å². The molecule has 7 nitrogen and oxygen atoms in total. The lowest BCUT2D eigenvalue weighted by molar-refractivity contribution is -0.384. The number of rotatable bonds is 6. The van der Waals surface area contributed by atoms with Crippen LogP contribution in [0.1, 0.15) is 31.9 Å². The molecule has 0 spiro atoms. The van der Waals surface area contributed by atoms with Crippen molar-refractivity contribution in [2.24, 2.45) is 13.0 Å². The largest absolute Gasteiger partial charge is 0.354 e. The number of nitrogens with zero attached hydrogens (tertiary/aromatic N) is 4. The van der Waals surface area contributed by atoms with E-state index in [9.17, 15) is 10.1 Å². The Morgan fingerprint density at radius 3 is 2.71 bits per heavy atom. The summed E-state index contributed by atoms with van der Waals surface area (Å²) in [7, 11) is 3.72. The Labute approximate surface area is 125 Å². The van der Waals surface area contributed by atoms with Gasteiger partial charge in [-0.1, -0.05) is 13.3 Å². The highest BCUT2D eigenvalue weighted by Crippen LogP contribution is 2.32. The molecule has 118 valence electrons. The minimum Gasteiger partial charge on any atom is -0.354 e. The smallest absolute Gasteiger partial charge is 0.334 e. The van der Waals surface area contributed by atoms with Crippen molar-refractivity contribution >= 4 is 11.5 Å². The topological polar surface area (TPSA) is 76.2 Å². The second kappa shape index (κ2) is 6.89. The maximum atomic E-state index is 11.4.